The van der Waals surface area contributed by atoms with Gasteiger partial charge in [-0.1, -0.05) is 19.1 Å². The molecule has 0 spiro atoms. The minimum Gasteiger partial charge on any atom is -0.313 e. The van der Waals surface area contributed by atoms with Gasteiger partial charge in [0.15, 0.2) is 0 Å². The molecule has 0 amide bonds. The minimum atomic E-state index is -0.308. The summed E-state index contributed by atoms with van der Waals surface area (Å²) in [6.45, 7) is 5.31. The van der Waals surface area contributed by atoms with E-state index in [1.165, 1.54) is 24.3 Å². The van der Waals surface area contributed by atoms with Crippen molar-refractivity contribution in [3.63, 3.8) is 0 Å². The summed E-state index contributed by atoms with van der Waals surface area (Å²) < 4.78 is 26.9. The van der Waals surface area contributed by atoms with Crippen molar-refractivity contribution in [3.05, 3.63) is 59.2 Å². The number of hydrogen-bond acceptors (Lipinski definition) is 1. The molecular weight excluding hydrogens is 244 g/mol. The molecule has 0 heterocycles. The standard InChI is InChI=1S/C16H17F2N/c1-3-19-10-12-4-5-14(17)9-16(12)13-6-11(2)7-15(18)8-13/h4-9,19H,3,10H2,1-2H3. The van der Waals surface area contributed by atoms with Crippen LogP contribution in [0.4, 0.5) is 8.78 Å². The molecule has 0 aliphatic heterocycles. The van der Waals surface area contributed by atoms with Gasteiger partial charge in [-0.25, -0.2) is 8.78 Å². The van der Waals surface area contributed by atoms with Crippen molar-refractivity contribution in [3.8, 4) is 11.1 Å². The number of nitrogens with one attached hydrogen (secondary N) is 1. The average Bonchev–Trinajstić information content (AvgIpc) is 2.36. The smallest absolute Gasteiger partial charge is 0.124 e. The van der Waals surface area contributed by atoms with Gasteiger partial charge in [-0.05, 0) is 60.0 Å². The van der Waals surface area contributed by atoms with Crippen LogP contribution in [0.3, 0.4) is 0 Å². The molecule has 0 fully saturated rings. The molecule has 0 saturated heterocycles. The maximum atomic E-state index is 13.5. The van der Waals surface area contributed by atoms with E-state index in [1.807, 2.05) is 19.9 Å². The molecule has 1 nitrogen and oxygen atoms in total. The Morgan fingerprint density at radius 1 is 1.00 bits per heavy atom. The van der Waals surface area contributed by atoms with Crippen LogP contribution in [0.15, 0.2) is 36.4 Å². The molecule has 2 aromatic rings. The number of halogens is 2. The van der Waals surface area contributed by atoms with E-state index >= 15 is 0 Å². The van der Waals surface area contributed by atoms with Gasteiger partial charge in [0.25, 0.3) is 0 Å². The molecule has 0 aliphatic rings. The topological polar surface area (TPSA) is 12.0 Å². The number of hydrogen-bond donors (Lipinski definition) is 1. The summed E-state index contributed by atoms with van der Waals surface area (Å²) in [6, 6.07) is 9.41. The Hall–Kier alpha value is -1.74. The molecule has 0 unspecified atom stereocenters. The zero-order chi connectivity index (χ0) is 13.8. The highest BCUT2D eigenvalue weighted by Gasteiger charge is 2.08. The molecule has 100 valence electrons. The fraction of sp³-hybridized carbons (Fsp3) is 0.250. The minimum absolute atomic E-state index is 0.298. The maximum absolute atomic E-state index is 13.5. The molecule has 1 N–H and O–H groups in total. The van der Waals surface area contributed by atoms with Gasteiger partial charge < -0.3 is 5.32 Å². The molecule has 0 atom stereocenters. The lowest BCUT2D eigenvalue weighted by molar-refractivity contribution is 0.624. The summed E-state index contributed by atoms with van der Waals surface area (Å²) in [5.41, 5.74) is 3.25. The van der Waals surface area contributed by atoms with Gasteiger partial charge in [0, 0.05) is 6.54 Å². The first-order valence-corrected chi connectivity index (χ1v) is 6.37. The second-order valence-corrected chi connectivity index (χ2v) is 4.60. The Morgan fingerprint density at radius 2 is 1.79 bits per heavy atom. The van der Waals surface area contributed by atoms with E-state index < -0.39 is 0 Å². The van der Waals surface area contributed by atoms with Crippen LogP contribution in [-0.2, 0) is 6.54 Å². The van der Waals surface area contributed by atoms with E-state index in [9.17, 15) is 8.78 Å². The van der Waals surface area contributed by atoms with Gasteiger partial charge in [0.1, 0.15) is 11.6 Å². The van der Waals surface area contributed by atoms with Gasteiger partial charge in [0.2, 0.25) is 0 Å². The van der Waals surface area contributed by atoms with Crippen LogP contribution >= 0.6 is 0 Å². The zero-order valence-corrected chi connectivity index (χ0v) is 11.1. The van der Waals surface area contributed by atoms with Gasteiger partial charge in [-0.3, -0.25) is 0 Å². The number of benzene rings is 2. The molecular formula is C16H17F2N. The lowest BCUT2D eigenvalue weighted by Gasteiger charge is -2.11. The van der Waals surface area contributed by atoms with Crippen molar-refractivity contribution in [2.75, 3.05) is 6.54 Å². The van der Waals surface area contributed by atoms with E-state index in [1.54, 1.807) is 6.07 Å². The first-order valence-electron chi connectivity index (χ1n) is 6.37. The molecule has 2 rings (SSSR count). The third kappa shape index (κ3) is 3.38. The van der Waals surface area contributed by atoms with E-state index in [-0.39, 0.29) is 11.6 Å². The van der Waals surface area contributed by atoms with Gasteiger partial charge in [0.05, 0.1) is 0 Å². The zero-order valence-electron chi connectivity index (χ0n) is 11.1. The lowest BCUT2D eigenvalue weighted by Crippen LogP contribution is -2.12. The van der Waals surface area contributed by atoms with E-state index in [2.05, 4.69) is 5.32 Å². The van der Waals surface area contributed by atoms with Crippen LogP contribution in [0.2, 0.25) is 0 Å². The largest absolute Gasteiger partial charge is 0.313 e. The van der Waals surface area contributed by atoms with Gasteiger partial charge in [-0.2, -0.15) is 0 Å². The molecule has 2 aromatic carbocycles. The second kappa shape index (κ2) is 5.93. The molecule has 0 aromatic heterocycles. The van der Waals surface area contributed by atoms with Crippen molar-refractivity contribution in [1.29, 1.82) is 0 Å². The fourth-order valence-corrected chi connectivity index (χ4v) is 2.12. The van der Waals surface area contributed by atoms with E-state index in [4.69, 9.17) is 0 Å². The van der Waals surface area contributed by atoms with E-state index in [0.717, 1.165) is 23.2 Å². The lowest BCUT2D eigenvalue weighted by atomic mass is 9.98. The predicted molar refractivity (Wildman–Crippen MR) is 73.9 cm³/mol. The Kier molecular flexibility index (Phi) is 4.27. The first-order chi connectivity index (χ1) is 9.10. The first kappa shape index (κ1) is 13.7. The Bertz CT molecular complexity index is 559. The molecule has 3 heteroatoms. The van der Waals surface area contributed by atoms with Crippen LogP contribution in [-0.4, -0.2) is 6.54 Å². The summed E-state index contributed by atoms with van der Waals surface area (Å²) in [4.78, 5) is 0. The highest BCUT2D eigenvalue weighted by Crippen LogP contribution is 2.26. The highest BCUT2D eigenvalue weighted by molar-refractivity contribution is 5.68. The van der Waals surface area contributed by atoms with Crippen LogP contribution in [0.5, 0.6) is 0 Å². The second-order valence-electron chi connectivity index (χ2n) is 4.60. The Balaban J connectivity index is 2.49. The summed E-state index contributed by atoms with van der Waals surface area (Å²) in [6.07, 6.45) is 0. The third-order valence-corrected chi connectivity index (χ3v) is 2.99. The number of aryl methyl sites for hydroxylation is 1. The van der Waals surface area contributed by atoms with Crippen LogP contribution < -0.4 is 5.32 Å². The molecule has 0 saturated carbocycles. The summed E-state index contributed by atoms with van der Waals surface area (Å²) in [5.74, 6) is -0.606. The highest BCUT2D eigenvalue weighted by atomic mass is 19.1. The van der Waals surface area contributed by atoms with Gasteiger partial charge in [-0.15, -0.1) is 0 Å². The van der Waals surface area contributed by atoms with Crippen molar-refractivity contribution >= 4 is 0 Å². The van der Waals surface area contributed by atoms with Crippen LogP contribution in [0.1, 0.15) is 18.1 Å². The Morgan fingerprint density at radius 3 is 2.47 bits per heavy atom. The van der Waals surface area contributed by atoms with Crippen LogP contribution in [0, 0.1) is 18.6 Å². The molecule has 0 aliphatic carbocycles. The summed E-state index contributed by atoms with van der Waals surface area (Å²) >= 11 is 0. The third-order valence-electron chi connectivity index (χ3n) is 2.99. The van der Waals surface area contributed by atoms with Crippen molar-refractivity contribution in [2.24, 2.45) is 0 Å². The molecule has 0 bridgehead atoms. The fourth-order valence-electron chi connectivity index (χ4n) is 2.12. The molecule has 19 heavy (non-hydrogen) atoms. The quantitative estimate of drug-likeness (QED) is 0.875. The monoisotopic (exact) mass is 261 g/mol. The normalized spacial score (nSPS) is 10.7. The van der Waals surface area contributed by atoms with E-state index in [0.29, 0.717) is 12.1 Å². The molecule has 0 radical (unpaired) electrons. The maximum Gasteiger partial charge on any atom is 0.124 e. The van der Waals surface area contributed by atoms with Crippen molar-refractivity contribution in [1.82, 2.24) is 5.32 Å². The summed E-state index contributed by atoms with van der Waals surface area (Å²) in [7, 11) is 0. The predicted octanol–water partition coefficient (Wildman–Crippen LogP) is 4.05. The van der Waals surface area contributed by atoms with Gasteiger partial charge >= 0.3 is 0 Å². The van der Waals surface area contributed by atoms with Crippen molar-refractivity contribution in [2.45, 2.75) is 20.4 Å². The average molecular weight is 261 g/mol. The van der Waals surface area contributed by atoms with Crippen molar-refractivity contribution < 1.29 is 8.78 Å². The Labute approximate surface area is 112 Å². The summed E-state index contributed by atoms with van der Waals surface area (Å²) in [5, 5.41) is 3.21. The van der Waals surface area contributed by atoms with Crippen LogP contribution in [0.25, 0.3) is 11.1 Å². The SMILES string of the molecule is CCNCc1ccc(F)cc1-c1cc(C)cc(F)c1. The number of rotatable bonds is 4.